The van der Waals surface area contributed by atoms with E-state index < -0.39 is 0 Å². The summed E-state index contributed by atoms with van der Waals surface area (Å²) in [7, 11) is 0. The molecule has 1 aliphatic heterocycles. The minimum atomic E-state index is -0.188. The molecule has 2 aliphatic rings. The number of nitrogens with zero attached hydrogens (tertiary/aromatic N) is 1. The molecule has 18 heavy (non-hydrogen) atoms. The van der Waals surface area contributed by atoms with Gasteiger partial charge in [-0.1, -0.05) is 0 Å². The van der Waals surface area contributed by atoms with Gasteiger partial charge in [0.25, 0.3) is 0 Å². The van der Waals surface area contributed by atoms with Gasteiger partial charge < -0.3 is 14.7 Å². The molecule has 0 spiro atoms. The lowest BCUT2D eigenvalue weighted by Gasteiger charge is -2.16. The topological polar surface area (TPSA) is 49.8 Å². The molecule has 2 heterocycles. The number of fused-ring (bicyclic) bond motifs is 3. The fourth-order valence-electron chi connectivity index (χ4n) is 3.07. The highest BCUT2D eigenvalue weighted by molar-refractivity contribution is 7.12. The van der Waals surface area contributed by atoms with Crippen molar-refractivity contribution in [2.45, 2.75) is 25.9 Å². The minimum absolute atomic E-state index is 0.122. The van der Waals surface area contributed by atoms with Crippen molar-refractivity contribution in [2.75, 3.05) is 19.7 Å². The SMILES string of the molecule is CCOC(=O)N1CC2Cc3cc(CO)sc3C2C1. The highest BCUT2D eigenvalue weighted by Crippen LogP contribution is 2.46. The summed E-state index contributed by atoms with van der Waals surface area (Å²) >= 11 is 1.70. The van der Waals surface area contributed by atoms with E-state index in [4.69, 9.17) is 4.74 Å². The van der Waals surface area contributed by atoms with Crippen LogP contribution in [0.3, 0.4) is 0 Å². The summed E-state index contributed by atoms with van der Waals surface area (Å²) in [6.07, 6.45) is 0.847. The fourth-order valence-corrected chi connectivity index (χ4v) is 4.31. The van der Waals surface area contributed by atoms with Crippen molar-refractivity contribution in [2.24, 2.45) is 5.92 Å². The maximum atomic E-state index is 11.7. The predicted molar refractivity (Wildman–Crippen MR) is 68.8 cm³/mol. The first-order valence-corrected chi connectivity index (χ1v) is 7.18. The molecule has 3 rings (SSSR count). The van der Waals surface area contributed by atoms with Crippen molar-refractivity contribution in [3.63, 3.8) is 0 Å². The van der Waals surface area contributed by atoms with E-state index in [0.717, 1.165) is 24.4 Å². The third kappa shape index (κ3) is 1.82. The van der Waals surface area contributed by atoms with Gasteiger partial charge in [-0.05, 0) is 30.9 Å². The van der Waals surface area contributed by atoms with Crippen molar-refractivity contribution >= 4 is 17.4 Å². The Bertz CT molecular complexity index is 471. The average molecular weight is 267 g/mol. The number of amides is 1. The predicted octanol–water partition coefficient (Wildman–Crippen LogP) is 1.97. The monoisotopic (exact) mass is 267 g/mol. The first kappa shape index (κ1) is 12.0. The van der Waals surface area contributed by atoms with Crippen LogP contribution in [-0.2, 0) is 17.8 Å². The van der Waals surface area contributed by atoms with Crippen LogP contribution < -0.4 is 0 Å². The van der Waals surface area contributed by atoms with Gasteiger partial charge in [0, 0.05) is 28.8 Å². The van der Waals surface area contributed by atoms with Gasteiger partial charge >= 0.3 is 6.09 Å². The fraction of sp³-hybridized carbons (Fsp3) is 0.615. The molecule has 1 aromatic heterocycles. The summed E-state index contributed by atoms with van der Waals surface area (Å²) in [5, 5.41) is 9.17. The molecular formula is C13H17NO3S. The molecule has 4 nitrogen and oxygen atoms in total. The molecule has 1 saturated heterocycles. The van der Waals surface area contributed by atoms with E-state index in [9.17, 15) is 9.90 Å². The van der Waals surface area contributed by atoms with Crippen molar-refractivity contribution in [3.05, 3.63) is 21.4 Å². The molecular weight excluding hydrogens is 250 g/mol. The van der Waals surface area contributed by atoms with Gasteiger partial charge in [0.2, 0.25) is 0 Å². The number of aliphatic hydroxyl groups is 1. The van der Waals surface area contributed by atoms with Gasteiger partial charge in [0.05, 0.1) is 13.2 Å². The van der Waals surface area contributed by atoms with Crippen molar-refractivity contribution in [3.8, 4) is 0 Å². The van der Waals surface area contributed by atoms with E-state index >= 15 is 0 Å². The molecule has 0 saturated carbocycles. The molecule has 1 aliphatic carbocycles. The zero-order chi connectivity index (χ0) is 12.7. The van der Waals surface area contributed by atoms with Crippen LogP contribution in [0.15, 0.2) is 6.07 Å². The quantitative estimate of drug-likeness (QED) is 0.891. The van der Waals surface area contributed by atoms with E-state index in [1.165, 1.54) is 10.4 Å². The van der Waals surface area contributed by atoms with E-state index in [2.05, 4.69) is 6.07 Å². The molecule has 1 amide bonds. The maximum Gasteiger partial charge on any atom is 0.409 e. The van der Waals surface area contributed by atoms with Gasteiger partial charge in [-0.25, -0.2) is 4.79 Å². The van der Waals surface area contributed by atoms with E-state index in [1.54, 1.807) is 11.3 Å². The Morgan fingerprint density at radius 1 is 1.61 bits per heavy atom. The van der Waals surface area contributed by atoms with Crippen LogP contribution in [0.5, 0.6) is 0 Å². The molecule has 5 heteroatoms. The summed E-state index contributed by atoms with van der Waals surface area (Å²) in [5.74, 6) is 0.998. The Hall–Kier alpha value is -1.07. The lowest BCUT2D eigenvalue weighted by molar-refractivity contribution is 0.114. The Balaban J connectivity index is 1.75. The molecule has 2 unspecified atom stereocenters. The summed E-state index contributed by atoms with van der Waals surface area (Å²) in [6.45, 7) is 3.96. The van der Waals surface area contributed by atoms with Crippen molar-refractivity contribution in [1.29, 1.82) is 0 Å². The third-order valence-corrected chi connectivity index (χ3v) is 5.13. The zero-order valence-corrected chi connectivity index (χ0v) is 11.2. The van der Waals surface area contributed by atoms with Crippen LogP contribution in [0.4, 0.5) is 4.79 Å². The lowest BCUT2D eigenvalue weighted by Crippen LogP contribution is -2.30. The summed E-state index contributed by atoms with van der Waals surface area (Å²) in [6, 6.07) is 2.12. The van der Waals surface area contributed by atoms with Crippen molar-refractivity contribution < 1.29 is 14.6 Å². The van der Waals surface area contributed by atoms with E-state index in [1.807, 2.05) is 11.8 Å². The number of hydrogen-bond acceptors (Lipinski definition) is 4. The largest absolute Gasteiger partial charge is 0.450 e. The molecule has 0 bridgehead atoms. The van der Waals surface area contributed by atoms with E-state index in [0.29, 0.717) is 18.4 Å². The number of hydrogen-bond donors (Lipinski definition) is 1. The Labute approximate surface area is 110 Å². The number of thiophene rings is 1. The summed E-state index contributed by atoms with van der Waals surface area (Å²) in [5.41, 5.74) is 1.38. The van der Waals surface area contributed by atoms with Crippen LogP contribution in [0.25, 0.3) is 0 Å². The summed E-state index contributed by atoms with van der Waals surface area (Å²) in [4.78, 5) is 15.9. The van der Waals surface area contributed by atoms with Gasteiger partial charge in [0.15, 0.2) is 0 Å². The van der Waals surface area contributed by atoms with Crippen LogP contribution in [-0.4, -0.2) is 35.8 Å². The normalized spacial score (nSPS) is 25.1. The number of carbonyl (C=O) groups excluding carboxylic acids is 1. The number of ether oxygens (including phenoxy) is 1. The van der Waals surface area contributed by atoms with E-state index in [-0.39, 0.29) is 12.7 Å². The Kier molecular flexibility index (Phi) is 3.03. The number of rotatable bonds is 2. The molecule has 1 fully saturated rings. The number of likely N-dealkylation sites (tertiary alicyclic amines) is 1. The smallest absolute Gasteiger partial charge is 0.409 e. The minimum Gasteiger partial charge on any atom is -0.450 e. The Morgan fingerprint density at radius 2 is 2.44 bits per heavy atom. The first-order valence-electron chi connectivity index (χ1n) is 6.37. The third-order valence-electron chi connectivity index (χ3n) is 3.83. The average Bonchev–Trinajstić information content (AvgIpc) is 2.97. The Morgan fingerprint density at radius 3 is 3.17 bits per heavy atom. The highest BCUT2D eigenvalue weighted by Gasteiger charge is 2.43. The standard InChI is InChI=1S/C13H17NO3S/c1-2-17-13(16)14-5-9-3-8-4-10(7-15)18-12(8)11(9)6-14/h4,9,11,15H,2-3,5-7H2,1H3. The molecule has 2 atom stereocenters. The molecule has 1 aromatic rings. The second-order valence-electron chi connectivity index (χ2n) is 4.93. The first-order chi connectivity index (χ1) is 8.72. The van der Waals surface area contributed by atoms with Crippen LogP contribution in [0.2, 0.25) is 0 Å². The number of aliphatic hydroxyl groups excluding tert-OH is 1. The van der Waals surface area contributed by atoms with Gasteiger partial charge in [-0.3, -0.25) is 0 Å². The molecule has 0 radical (unpaired) electrons. The molecule has 98 valence electrons. The van der Waals surface area contributed by atoms with Crippen LogP contribution >= 0.6 is 11.3 Å². The zero-order valence-electron chi connectivity index (χ0n) is 10.4. The maximum absolute atomic E-state index is 11.7. The van der Waals surface area contributed by atoms with Gasteiger partial charge in [0.1, 0.15) is 0 Å². The second kappa shape index (κ2) is 4.55. The van der Waals surface area contributed by atoms with Crippen LogP contribution in [0.1, 0.15) is 28.2 Å². The number of carbonyl (C=O) groups is 1. The summed E-state index contributed by atoms with van der Waals surface area (Å²) < 4.78 is 5.06. The highest BCUT2D eigenvalue weighted by atomic mass is 32.1. The van der Waals surface area contributed by atoms with Crippen LogP contribution in [0, 0.1) is 5.92 Å². The van der Waals surface area contributed by atoms with Gasteiger partial charge in [-0.15, -0.1) is 11.3 Å². The lowest BCUT2D eigenvalue weighted by atomic mass is 10.0. The second-order valence-corrected chi connectivity index (χ2v) is 6.10. The van der Waals surface area contributed by atoms with Gasteiger partial charge in [-0.2, -0.15) is 0 Å². The molecule has 1 N–H and O–H groups in total. The molecule has 0 aromatic carbocycles. The van der Waals surface area contributed by atoms with Crippen molar-refractivity contribution in [1.82, 2.24) is 4.90 Å².